The Morgan fingerprint density at radius 1 is 1.58 bits per heavy atom. The van der Waals surface area contributed by atoms with Gasteiger partial charge < -0.3 is 0 Å². The fraction of sp³-hybridized carbons (Fsp3) is 0.167. The Labute approximate surface area is 73.6 Å². The summed E-state index contributed by atoms with van der Waals surface area (Å²) < 4.78 is 33.7. The van der Waals surface area contributed by atoms with Crippen LogP contribution < -0.4 is 0 Å². The van der Waals surface area contributed by atoms with Gasteiger partial charge in [-0.25, -0.2) is 12.8 Å². The first kappa shape index (κ1) is 9.41. The van der Waals surface area contributed by atoms with Crippen LogP contribution in [0.25, 0.3) is 0 Å². The van der Waals surface area contributed by atoms with Gasteiger partial charge in [0.15, 0.2) is 0 Å². The summed E-state index contributed by atoms with van der Waals surface area (Å²) in [6.07, 6.45) is 2.33. The van der Waals surface area contributed by atoms with Gasteiger partial charge in [0.25, 0.3) is 9.05 Å². The van der Waals surface area contributed by atoms with Crippen molar-refractivity contribution in [2.45, 2.75) is 11.6 Å². The van der Waals surface area contributed by atoms with Crippen molar-refractivity contribution < 1.29 is 12.8 Å². The summed E-state index contributed by atoms with van der Waals surface area (Å²) in [5, 5.41) is 0. The highest BCUT2D eigenvalue weighted by molar-refractivity contribution is 8.13. The highest BCUT2D eigenvalue weighted by atomic mass is 35.7. The number of alkyl halides is 1. The summed E-state index contributed by atoms with van der Waals surface area (Å²) in [6.45, 7) is -0.871. The molecule has 0 aromatic carbocycles. The van der Waals surface area contributed by atoms with Gasteiger partial charge in [0.1, 0.15) is 11.6 Å². The molecule has 3 nitrogen and oxygen atoms in total. The Morgan fingerprint density at radius 2 is 2.25 bits per heavy atom. The van der Waals surface area contributed by atoms with Gasteiger partial charge in [-0.05, 0) is 6.07 Å². The van der Waals surface area contributed by atoms with Gasteiger partial charge in [0.05, 0.1) is 0 Å². The highest BCUT2D eigenvalue weighted by Gasteiger charge is 2.14. The second kappa shape index (κ2) is 3.37. The molecule has 0 atom stereocenters. The third kappa shape index (κ3) is 1.92. The summed E-state index contributed by atoms with van der Waals surface area (Å²) in [5.41, 5.74) is 0.0278. The average molecular weight is 210 g/mol. The molecule has 12 heavy (non-hydrogen) atoms. The van der Waals surface area contributed by atoms with E-state index < -0.39 is 15.7 Å². The van der Waals surface area contributed by atoms with Crippen LogP contribution in [0, 0.1) is 0 Å². The minimum atomic E-state index is -3.88. The van der Waals surface area contributed by atoms with Gasteiger partial charge in [-0.2, -0.15) is 0 Å². The van der Waals surface area contributed by atoms with Crippen LogP contribution in [0.15, 0.2) is 23.4 Å². The van der Waals surface area contributed by atoms with E-state index in [0.29, 0.717) is 0 Å². The first-order valence-corrected chi connectivity index (χ1v) is 5.30. The minimum absolute atomic E-state index is 0.0278. The molecule has 0 saturated heterocycles. The van der Waals surface area contributed by atoms with Gasteiger partial charge in [-0.15, -0.1) is 0 Å². The summed E-state index contributed by atoms with van der Waals surface area (Å²) in [4.78, 5) is 3.26. The zero-order valence-electron chi connectivity index (χ0n) is 5.87. The first-order chi connectivity index (χ1) is 5.55. The normalized spacial score (nSPS) is 11.5. The summed E-state index contributed by atoms with van der Waals surface area (Å²) >= 11 is 0. The van der Waals surface area contributed by atoms with Crippen molar-refractivity contribution in [3.05, 3.63) is 24.0 Å². The third-order valence-corrected chi connectivity index (χ3v) is 2.67. The standard InChI is InChI=1S/C6H5ClFNO2S/c7-12(10,11)6-4-9-2-1-5(6)3-8/h1-2,4H,3H2. The number of halogens is 2. The summed E-state index contributed by atoms with van der Waals surface area (Å²) in [5.74, 6) is 0. The van der Waals surface area contributed by atoms with E-state index in [2.05, 4.69) is 4.98 Å². The van der Waals surface area contributed by atoms with Crippen LogP contribution in [-0.4, -0.2) is 13.4 Å². The second-order valence-corrected chi connectivity index (χ2v) is 4.59. The quantitative estimate of drug-likeness (QED) is 0.694. The van der Waals surface area contributed by atoms with Crippen LogP contribution in [0.4, 0.5) is 4.39 Å². The molecule has 0 N–H and O–H groups in total. The van der Waals surface area contributed by atoms with Crippen LogP contribution in [-0.2, 0) is 15.7 Å². The maximum atomic E-state index is 12.2. The molecule has 1 aromatic rings. The minimum Gasteiger partial charge on any atom is -0.263 e. The maximum Gasteiger partial charge on any atom is 0.263 e. The molecule has 0 aliphatic heterocycles. The molecule has 6 heteroatoms. The predicted octanol–water partition coefficient (Wildman–Crippen LogP) is 1.48. The van der Waals surface area contributed by atoms with Crippen LogP contribution in [0.1, 0.15) is 5.56 Å². The lowest BCUT2D eigenvalue weighted by atomic mass is 10.3. The van der Waals surface area contributed by atoms with Crippen molar-refractivity contribution >= 4 is 19.7 Å². The summed E-state index contributed by atoms with van der Waals surface area (Å²) in [7, 11) is 1.13. The Hall–Kier alpha value is -0.680. The van der Waals surface area contributed by atoms with Gasteiger partial charge in [-0.3, -0.25) is 4.98 Å². The van der Waals surface area contributed by atoms with Crippen LogP contribution in [0.5, 0.6) is 0 Å². The third-order valence-electron chi connectivity index (χ3n) is 1.28. The molecule has 1 rings (SSSR count). The number of nitrogens with zero attached hydrogens (tertiary/aromatic N) is 1. The van der Waals surface area contributed by atoms with Crippen molar-refractivity contribution in [2.24, 2.45) is 0 Å². The molecular weight excluding hydrogens is 205 g/mol. The monoisotopic (exact) mass is 209 g/mol. The fourth-order valence-electron chi connectivity index (χ4n) is 0.739. The average Bonchev–Trinajstić information content (AvgIpc) is 2.03. The Balaban J connectivity index is 3.33. The van der Waals surface area contributed by atoms with Gasteiger partial charge >= 0.3 is 0 Å². The molecule has 0 unspecified atom stereocenters. The Bertz CT molecular complexity index is 379. The molecule has 0 aliphatic rings. The molecule has 0 aliphatic carbocycles. The lowest BCUT2D eigenvalue weighted by Gasteiger charge is -1.99. The second-order valence-electron chi connectivity index (χ2n) is 2.05. The van der Waals surface area contributed by atoms with Crippen molar-refractivity contribution in [1.82, 2.24) is 4.98 Å². The van der Waals surface area contributed by atoms with E-state index in [1.165, 1.54) is 12.3 Å². The lowest BCUT2D eigenvalue weighted by molar-refractivity contribution is 0.477. The number of hydrogen-bond donors (Lipinski definition) is 0. The topological polar surface area (TPSA) is 47.0 Å². The molecular formula is C6H5ClFNO2S. The number of pyridine rings is 1. The van der Waals surface area contributed by atoms with Crippen molar-refractivity contribution in [2.75, 3.05) is 0 Å². The van der Waals surface area contributed by atoms with Crippen molar-refractivity contribution in [3.63, 3.8) is 0 Å². The van der Waals surface area contributed by atoms with Gasteiger partial charge in [0.2, 0.25) is 0 Å². The van der Waals surface area contributed by atoms with E-state index in [1.54, 1.807) is 0 Å². The molecule has 0 radical (unpaired) electrons. The Morgan fingerprint density at radius 3 is 2.67 bits per heavy atom. The largest absolute Gasteiger partial charge is 0.263 e. The number of hydrogen-bond acceptors (Lipinski definition) is 3. The molecule has 0 amide bonds. The molecule has 0 saturated carbocycles. The highest BCUT2D eigenvalue weighted by Crippen LogP contribution is 2.18. The smallest absolute Gasteiger partial charge is 0.263 e. The zero-order chi connectivity index (χ0) is 9.19. The fourth-order valence-corrected chi connectivity index (χ4v) is 1.78. The van der Waals surface area contributed by atoms with Crippen LogP contribution in [0.2, 0.25) is 0 Å². The van der Waals surface area contributed by atoms with E-state index in [-0.39, 0.29) is 10.5 Å². The van der Waals surface area contributed by atoms with E-state index in [1.807, 2.05) is 0 Å². The molecule has 1 heterocycles. The lowest BCUT2D eigenvalue weighted by Crippen LogP contribution is -1.96. The number of aromatic nitrogens is 1. The maximum absolute atomic E-state index is 12.2. The molecule has 0 bridgehead atoms. The Kier molecular flexibility index (Phi) is 2.64. The van der Waals surface area contributed by atoms with Crippen LogP contribution in [0.3, 0.4) is 0 Å². The van der Waals surface area contributed by atoms with Crippen LogP contribution >= 0.6 is 10.7 Å². The van der Waals surface area contributed by atoms with Gasteiger partial charge in [0, 0.05) is 28.6 Å². The summed E-state index contributed by atoms with van der Waals surface area (Å²) in [6, 6.07) is 1.27. The first-order valence-electron chi connectivity index (χ1n) is 2.99. The van der Waals surface area contributed by atoms with E-state index in [9.17, 15) is 12.8 Å². The predicted molar refractivity (Wildman–Crippen MR) is 42.1 cm³/mol. The van der Waals surface area contributed by atoms with Crippen molar-refractivity contribution in [1.29, 1.82) is 0 Å². The van der Waals surface area contributed by atoms with E-state index in [0.717, 1.165) is 6.20 Å². The molecule has 1 aromatic heterocycles. The molecule has 0 spiro atoms. The molecule has 66 valence electrons. The SMILES string of the molecule is O=S(=O)(Cl)c1cnccc1CF. The van der Waals surface area contributed by atoms with Crippen molar-refractivity contribution in [3.8, 4) is 0 Å². The zero-order valence-corrected chi connectivity index (χ0v) is 7.44. The van der Waals surface area contributed by atoms with E-state index >= 15 is 0 Å². The van der Waals surface area contributed by atoms with E-state index in [4.69, 9.17) is 10.7 Å². The van der Waals surface area contributed by atoms with Gasteiger partial charge in [-0.1, -0.05) is 0 Å². The number of rotatable bonds is 2. The molecule has 0 fully saturated rings.